The smallest absolute Gasteiger partial charge is 0.423 e. The number of carbonyl (C=O) groups is 2. The van der Waals surface area contributed by atoms with Gasteiger partial charge in [-0.3, -0.25) is 19.6 Å². The van der Waals surface area contributed by atoms with E-state index < -0.39 is 37.5 Å². The van der Waals surface area contributed by atoms with Gasteiger partial charge in [0.05, 0.1) is 18.0 Å². The molecule has 6 aromatic rings. The van der Waals surface area contributed by atoms with Crippen LogP contribution in [-0.2, 0) is 9.59 Å². The van der Waals surface area contributed by atoms with Crippen LogP contribution in [0.15, 0.2) is 90.4 Å². The predicted octanol–water partition coefficient (Wildman–Crippen LogP) is 4.00. The number of carbonyl (C=O) groups excluding carboxylic acids is 2. The number of nitrogens with one attached hydrogen (secondary N) is 2. The molecule has 8 rings (SSSR count). The lowest BCUT2D eigenvalue weighted by molar-refractivity contribution is -0.132. The number of nitrogens with zero attached hydrogens (tertiary/aromatic N) is 5. The number of hydrogen-bond donors (Lipinski definition) is 6. The molecule has 4 aromatic carbocycles. The molecule has 1 atom stereocenters. The predicted molar refractivity (Wildman–Crippen MR) is 231 cm³/mol. The van der Waals surface area contributed by atoms with Crippen LogP contribution in [0.4, 0.5) is 32.8 Å². The van der Waals surface area contributed by atoms with Crippen LogP contribution in [-0.4, -0.2) is 117 Å². The second-order valence-corrected chi connectivity index (χ2v) is 14.7. The first kappa shape index (κ1) is 49.0. The number of aromatic nitrogens is 3. The lowest BCUT2D eigenvalue weighted by atomic mass is 9.80. The van der Waals surface area contributed by atoms with E-state index in [1.54, 1.807) is 35.7 Å². The summed E-state index contributed by atoms with van der Waals surface area (Å²) in [5.41, 5.74) is 2.43. The normalized spacial score (nSPS) is 14.7. The van der Waals surface area contributed by atoms with Crippen LogP contribution in [0.5, 0.6) is 0 Å². The molecule has 2 fully saturated rings. The molecule has 2 aliphatic heterocycles. The van der Waals surface area contributed by atoms with Crippen LogP contribution in [0.25, 0.3) is 22.2 Å². The van der Waals surface area contributed by atoms with Gasteiger partial charge >= 0.3 is 14.2 Å². The van der Waals surface area contributed by atoms with Gasteiger partial charge < -0.3 is 35.2 Å². The first-order chi connectivity index (χ1) is 28.7. The Morgan fingerprint density at radius 2 is 1.42 bits per heavy atom. The Morgan fingerprint density at radius 1 is 0.774 bits per heavy atom. The Hall–Kier alpha value is -5.70. The van der Waals surface area contributed by atoms with E-state index in [4.69, 9.17) is 20.1 Å². The zero-order valence-corrected chi connectivity index (χ0v) is 32.5. The van der Waals surface area contributed by atoms with E-state index in [0.717, 1.165) is 48.6 Å². The average molecular weight is 882 g/mol. The highest BCUT2D eigenvalue weighted by Gasteiger charge is 2.31. The van der Waals surface area contributed by atoms with Crippen molar-refractivity contribution in [2.75, 3.05) is 56.0 Å². The van der Waals surface area contributed by atoms with Crippen molar-refractivity contribution < 1.29 is 51.6 Å². The lowest BCUT2D eigenvalue weighted by Crippen LogP contribution is -2.51. The fraction of sp³-hybridized carbons (Fsp3) is 0.268. The third-order valence-corrected chi connectivity index (χ3v) is 10.6. The molecule has 2 aliphatic rings. The average Bonchev–Trinajstić information content (AvgIpc) is 4.03. The zero-order chi connectivity index (χ0) is 42.9. The summed E-state index contributed by atoms with van der Waals surface area (Å²) in [7, 11) is -3.27. The van der Waals surface area contributed by atoms with Crippen LogP contribution in [0, 0.1) is 35.0 Å². The summed E-state index contributed by atoms with van der Waals surface area (Å²) >= 11 is 1.60. The quantitative estimate of drug-likeness (QED) is 0.0968. The first-order valence-electron chi connectivity index (χ1n) is 18.6. The Morgan fingerprint density at radius 3 is 2.03 bits per heavy atom. The maximum absolute atomic E-state index is 13.8. The minimum atomic E-state index is -1.76. The Bertz CT molecular complexity index is 2390. The number of piperazine rings is 1. The van der Waals surface area contributed by atoms with Crippen LogP contribution in [0.3, 0.4) is 0 Å². The fourth-order valence-electron chi connectivity index (χ4n) is 6.51. The zero-order valence-electron chi connectivity index (χ0n) is 31.7. The molecule has 0 aliphatic carbocycles. The summed E-state index contributed by atoms with van der Waals surface area (Å²) in [4.78, 5) is 36.4. The van der Waals surface area contributed by atoms with E-state index in [0.29, 0.717) is 72.5 Å². The summed E-state index contributed by atoms with van der Waals surface area (Å²) in [5.74, 6) is -4.60. The van der Waals surface area contributed by atoms with Gasteiger partial charge in [0.25, 0.3) is 0 Å². The molecular weight excluding hydrogens is 835 g/mol. The lowest BCUT2D eigenvalue weighted by Gasteiger charge is -2.35. The summed E-state index contributed by atoms with van der Waals surface area (Å²) in [6.07, 6.45) is 2.46. The Kier molecular flexibility index (Phi) is 17.7. The molecule has 0 spiro atoms. The number of aromatic amines is 1. The molecule has 2 saturated heterocycles. The summed E-state index contributed by atoms with van der Waals surface area (Å²) in [6, 6.07) is 16.6. The van der Waals surface area contributed by atoms with Crippen molar-refractivity contribution >= 4 is 70.0 Å². The maximum Gasteiger partial charge on any atom is 0.488 e. The van der Waals surface area contributed by atoms with E-state index in [1.807, 2.05) is 15.2 Å². The van der Waals surface area contributed by atoms with Crippen molar-refractivity contribution in [1.82, 2.24) is 25.0 Å². The van der Waals surface area contributed by atoms with Crippen molar-refractivity contribution in [3.63, 3.8) is 0 Å². The summed E-state index contributed by atoms with van der Waals surface area (Å²) < 4.78 is 63.9. The van der Waals surface area contributed by atoms with Gasteiger partial charge in [0.2, 0.25) is 11.8 Å². The van der Waals surface area contributed by atoms with Crippen molar-refractivity contribution in [3.05, 3.63) is 120 Å². The van der Waals surface area contributed by atoms with Gasteiger partial charge in [-0.05, 0) is 84.6 Å². The molecular formula is C41H46B2F5N7O6S. The number of thiazole rings is 1. The molecule has 62 heavy (non-hydrogen) atoms. The van der Waals surface area contributed by atoms with Gasteiger partial charge in [-0.15, -0.1) is 11.3 Å². The number of likely N-dealkylation sites (tertiary alicyclic amines) is 1. The Balaban J connectivity index is 0.000000302. The number of amides is 2. The van der Waals surface area contributed by atoms with Gasteiger partial charge in [-0.1, -0.05) is 33.1 Å². The van der Waals surface area contributed by atoms with Crippen LogP contribution in [0.1, 0.15) is 21.3 Å². The standard InChI is InChI=1S/C27H27F2N7O2S.C6H5BF2O2.C6H6BFO2.2CH4/c28-21-3-1-17(13-22(21)29)25-20-14-19(2-4-23(20)32-33-25)31-26(38)18-5-7-34(15-18)16-24(37)35-8-10-36(11-9-35)27-30-6-12-39-27;8-5-2-1-4(7(10)11)3-6(5)9;8-6-3-1-5(2-4-6)7(9)10;;/h1-4,6,12-14,18H,5,7-11,15-16H2,(H,31,38)(H,32,33);1-3,10-11H;1-4,9-10H;2*1H4/t18-;;;;/m1..../s1. The highest BCUT2D eigenvalue weighted by molar-refractivity contribution is 7.13. The highest BCUT2D eigenvalue weighted by atomic mass is 32.1. The Labute approximate surface area is 359 Å². The van der Waals surface area contributed by atoms with Crippen molar-refractivity contribution in [2.24, 2.45) is 5.92 Å². The molecule has 2 amide bonds. The number of halogens is 5. The number of anilines is 2. The number of hydrogen-bond acceptors (Lipinski definition) is 11. The van der Waals surface area contributed by atoms with E-state index in [1.165, 1.54) is 30.3 Å². The molecule has 13 nitrogen and oxygen atoms in total. The maximum atomic E-state index is 13.8. The highest BCUT2D eigenvalue weighted by Crippen LogP contribution is 2.30. The van der Waals surface area contributed by atoms with E-state index in [2.05, 4.69) is 25.4 Å². The minimum absolute atomic E-state index is 0. The number of fused-ring (bicyclic) bond motifs is 1. The SMILES string of the molecule is C.C.O=C(Nc1ccc2[nH]nc(-c3ccc(F)c(F)c3)c2c1)[C@@H]1CCN(CC(=O)N2CCN(c3nccs3)CC2)C1.OB(O)c1ccc(F)c(F)c1.OB(O)c1ccc(F)cc1. The van der Waals surface area contributed by atoms with Crippen molar-refractivity contribution in [1.29, 1.82) is 0 Å². The van der Waals surface area contributed by atoms with Gasteiger partial charge in [-0.25, -0.2) is 26.9 Å². The largest absolute Gasteiger partial charge is 0.488 e. The van der Waals surface area contributed by atoms with E-state index in [9.17, 15) is 31.5 Å². The molecule has 0 bridgehead atoms. The third kappa shape index (κ3) is 12.7. The number of rotatable bonds is 8. The minimum Gasteiger partial charge on any atom is -0.423 e. The summed E-state index contributed by atoms with van der Waals surface area (Å²) in [6.45, 7) is 4.37. The van der Waals surface area contributed by atoms with Crippen molar-refractivity contribution in [3.8, 4) is 11.3 Å². The second kappa shape index (κ2) is 22.4. The fourth-order valence-corrected chi connectivity index (χ4v) is 7.21. The molecule has 0 unspecified atom stereocenters. The van der Waals surface area contributed by atoms with Gasteiger partial charge in [0.1, 0.15) is 11.5 Å². The monoisotopic (exact) mass is 881 g/mol. The molecule has 6 N–H and O–H groups in total. The van der Waals surface area contributed by atoms with Crippen molar-refractivity contribution in [2.45, 2.75) is 21.3 Å². The van der Waals surface area contributed by atoms with Gasteiger partial charge in [0.15, 0.2) is 28.4 Å². The molecule has 0 saturated carbocycles. The third-order valence-electron chi connectivity index (χ3n) is 9.76. The number of H-pyrrole nitrogens is 1. The molecule has 328 valence electrons. The molecule has 4 heterocycles. The molecule has 2 aromatic heterocycles. The van der Waals surface area contributed by atoms with E-state index >= 15 is 0 Å². The van der Waals surface area contributed by atoms with Gasteiger partial charge in [-0.2, -0.15) is 5.10 Å². The van der Waals surface area contributed by atoms with Gasteiger partial charge in [0, 0.05) is 60.9 Å². The second-order valence-electron chi connectivity index (χ2n) is 13.8. The van der Waals surface area contributed by atoms with Crippen LogP contribution in [0.2, 0.25) is 0 Å². The first-order valence-corrected chi connectivity index (χ1v) is 19.5. The molecule has 21 heteroatoms. The topological polar surface area (TPSA) is 178 Å². The van der Waals surface area contributed by atoms with Crippen LogP contribution >= 0.6 is 11.3 Å². The number of benzene rings is 4. The van der Waals surface area contributed by atoms with Crippen LogP contribution < -0.4 is 21.1 Å². The molecule has 0 radical (unpaired) electrons. The summed E-state index contributed by atoms with van der Waals surface area (Å²) in [5, 5.41) is 47.9. The van der Waals surface area contributed by atoms with E-state index in [-0.39, 0.29) is 43.9 Å².